The van der Waals surface area contributed by atoms with E-state index < -0.39 is 11.9 Å². The van der Waals surface area contributed by atoms with Gasteiger partial charge in [-0.3, -0.25) is 24.0 Å². The van der Waals surface area contributed by atoms with E-state index in [9.17, 15) is 33.6 Å². The molecule has 0 amide bonds. The Morgan fingerprint density at radius 3 is 1.19 bits per heavy atom. The Morgan fingerprint density at radius 2 is 0.733 bits per heavy atom. The van der Waals surface area contributed by atoms with Crippen molar-refractivity contribution in [3.63, 3.8) is 0 Å². The second-order valence-electron chi connectivity index (χ2n) is 22.6. The fourth-order valence-electron chi connectivity index (χ4n) is 10.4. The van der Waals surface area contributed by atoms with Gasteiger partial charge in [-0.15, -0.1) is 0 Å². The maximum Gasteiger partial charge on any atom is 0.343 e. The molecule has 15 heteroatoms. The highest BCUT2D eigenvalue weighted by Gasteiger charge is 2.22. The van der Waals surface area contributed by atoms with Crippen molar-refractivity contribution in [1.82, 2.24) is 0 Å². The van der Waals surface area contributed by atoms with Gasteiger partial charge >= 0.3 is 41.8 Å². The molecule has 15 nitrogen and oxygen atoms in total. The molecule has 0 aromatic heterocycles. The lowest BCUT2D eigenvalue weighted by Gasteiger charge is -2.29. The Morgan fingerprint density at radius 1 is 0.360 bits per heavy atom. The largest absolute Gasteiger partial charge is 0.494 e. The molecule has 0 atom stereocenters. The standard InChI is InChI=1S/C71H96O15/c1-3-4-13-24-56-29-31-57(32-30-56)58-33-35-59(36-34-58)60-37-39-61(40-38-60)70(77)84-54-23-12-17-28-69(76)83-53-22-11-16-27-68(75)82-52-21-10-15-26-67(74)81-51-20-9-14-25-66(73)80-50-19-8-6-5-7-18-49-79-63-43-41-62(42-44-63)71(78)86-65-47-45-64(46-48-65)85-55(2)72/h33-48,56-57H,3-32,49-54H2,1-2H3. The van der Waals surface area contributed by atoms with Crippen molar-refractivity contribution >= 4 is 41.8 Å². The van der Waals surface area contributed by atoms with Crippen LogP contribution in [0.25, 0.3) is 11.1 Å². The van der Waals surface area contributed by atoms with Crippen LogP contribution in [-0.4, -0.2) is 81.4 Å². The first-order chi connectivity index (χ1) is 41.9. The van der Waals surface area contributed by atoms with Gasteiger partial charge in [-0.2, -0.15) is 0 Å². The van der Waals surface area contributed by atoms with Crippen LogP contribution in [0.5, 0.6) is 17.2 Å². The van der Waals surface area contributed by atoms with Gasteiger partial charge in [0.25, 0.3) is 0 Å². The first kappa shape index (κ1) is 69.7. The highest BCUT2D eigenvalue weighted by molar-refractivity contribution is 5.91. The molecular formula is C71H96O15. The highest BCUT2D eigenvalue weighted by Crippen LogP contribution is 2.38. The van der Waals surface area contributed by atoms with Crippen molar-refractivity contribution in [1.29, 1.82) is 0 Å². The third-order valence-corrected chi connectivity index (χ3v) is 15.5. The molecule has 470 valence electrons. The van der Waals surface area contributed by atoms with Crippen molar-refractivity contribution < 1.29 is 71.5 Å². The zero-order valence-electron chi connectivity index (χ0n) is 51.5. The molecule has 0 aliphatic heterocycles. The maximum atomic E-state index is 12.7. The molecule has 0 radical (unpaired) electrons. The van der Waals surface area contributed by atoms with E-state index in [1.54, 1.807) is 48.5 Å². The first-order valence-electron chi connectivity index (χ1n) is 32.2. The Balaban J connectivity index is 0.719. The van der Waals surface area contributed by atoms with E-state index in [4.69, 9.17) is 37.9 Å². The summed E-state index contributed by atoms with van der Waals surface area (Å²) in [5.74, 6) is 0.707. The number of rotatable bonds is 44. The van der Waals surface area contributed by atoms with Crippen LogP contribution in [0.15, 0.2) is 97.1 Å². The number of carbonyl (C=O) groups excluding carboxylic acids is 7. The molecule has 0 heterocycles. The number of esters is 7. The summed E-state index contributed by atoms with van der Waals surface area (Å²) in [5.41, 5.74) is 4.57. The second kappa shape index (κ2) is 42.7. The summed E-state index contributed by atoms with van der Waals surface area (Å²) in [6.45, 7) is 5.80. The molecule has 1 fully saturated rings. The van der Waals surface area contributed by atoms with Gasteiger partial charge < -0.3 is 37.9 Å². The lowest BCUT2D eigenvalue weighted by Crippen LogP contribution is -2.13. The molecule has 1 aliphatic carbocycles. The van der Waals surface area contributed by atoms with E-state index in [2.05, 4.69) is 31.2 Å². The van der Waals surface area contributed by atoms with Gasteiger partial charge in [-0.05, 0) is 205 Å². The molecular weight excluding hydrogens is 1090 g/mol. The fraction of sp³-hybridized carbons (Fsp3) is 0.563. The van der Waals surface area contributed by atoms with Crippen LogP contribution < -0.4 is 14.2 Å². The Kier molecular flexibility index (Phi) is 34.7. The Labute approximate surface area is 511 Å². The number of hydrogen-bond acceptors (Lipinski definition) is 15. The average Bonchev–Trinajstić information content (AvgIpc) is 2.94. The van der Waals surface area contributed by atoms with Gasteiger partial charge in [-0.1, -0.05) is 94.7 Å². The number of benzene rings is 4. The van der Waals surface area contributed by atoms with Gasteiger partial charge in [0.2, 0.25) is 0 Å². The summed E-state index contributed by atoms with van der Waals surface area (Å²) in [5, 5.41) is 0. The SMILES string of the molecule is CCCCCC1CCC(c2ccc(-c3ccc(C(=O)OCCCCCC(=O)OCCCCCC(=O)OCCCCCC(=O)OCCCCCC(=O)OCCCCCCCCOc4ccc(C(=O)Oc5ccc(OC(C)=O)cc5)cc4)cc3)cc2)CC1. The van der Waals surface area contributed by atoms with Crippen molar-refractivity contribution in [3.8, 4) is 28.4 Å². The molecule has 0 unspecified atom stereocenters. The molecule has 1 saturated carbocycles. The van der Waals surface area contributed by atoms with Crippen LogP contribution >= 0.6 is 0 Å². The van der Waals surface area contributed by atoms with Gasteiger partial charge in [0, 0.05) is 32.6 Å². The number of hydrogen-bond donors (Lipinski definition) is 0. The third-order valence-electron chi connectivity index (χ3n) is 15.5. The molecule has 4 aromatic carbocycles. The summed E-state index contributed by atoms with van der Waals surface area (Å²) in [6, 6.07) is 29.5. The molecule has 86 heavy (non-hydrogen) atoms. The van der Waals surface area contributed by atoms with E-state index in [0.29, 0.717) is 151 Å². The summed E-state index contributed by atoms with van der Waals surface area (Å²) in [6.07, 6.45) is 26.1. The number of ether oxygens (including phenoxy) is 8. The van der Waals surface area contributed by atoms with E-state index in [1.807, 2.05) is 24.3 Å². The maximum absolute atomic E-state index is 12.7. The van der Waals surface area contributed by atoms with Gasteiger partial charge in [0.05, 0.1) is 50.8 Å². The molecule has 0 N–H and O–H groups in total. The van der Waals surface area contributed by atoms with Crippen molar-refractivity contribution in [2.45, 2.75) is 212 Å². The quantitative estimate of drug-likeness (QED) is 0.0176. The second-order valence-corrected chi connectivity index (χ2v) is 22.6. The molecule has 0 spiro atoms. The zero-order chi connectivity index (χ0) is 61.2. The minimum absolute atomic E-state index is 0.204. The minimum atomic E-state index is -0.505. The number of carbonyl (C=O) groups is 7. The first-order valence-corrected chi connectivity index (χ1v) is 32.2. The van der Waals surface area contributed by atoms with Gasteiger partial charge in [-0.25, -0.2) is 9.59 Å². The monoisotopic (exact) mass is 1190 g/mol. The van der Waals surface area contributed by atoms with Crippen LogP contribution in [0.3, 0.4) is 0 Å². The highest BCUT2D eigenvalue weighted by atomic mass is 16.6. The van der Waals surface area contributed by atoms with Crippen molar-refractivity contribution in [2.24, 2.45) is 5.92 Å². The molecule has 1 aliphatic rings. The van der Waals surface area contributed by atoms with Crippen LogP contribution in [0.4, 0.5) is 0 Å². The predicted octanol–water partition coefficient (Wildman–Crippen LogP) is 16.3. The van der Waals surface area contributed by atoms with Crippen LogP contribution in [0.2, 0.25) is 0 Å². The van der Waals surface area contributed by atoms with E-state index >= 15 is 0 Å². The smallest absolute Gasteiger partial charge is 0.343 e. The Hall–Kier alpha value is -7.03. The zero-order valence-corrected chi connectivity index (χ0v) is 51.5. The Bertz CT molecular complexity index is 2570. The van der Waals surface area contributed by atoms with Crippen LogP contribution in [0.1, 0.15) is 239 Å². The van der Waals surface area contributed by atoms with Crippen LogP contribution in [0, 0.1) is 5.92 Å². The van der Waals surface area contributed by atoms with E-state index in [-0.39, 0.29) is 29.8 Å². The summed E-state index contributed by atoms with van der Waals surface area (Å²) < 4.78 is 43.1. The molecule has 4 aromatic rings. The average molecular weight is 1190 g/mol. The van der Waals surface area contributed by atoms with Crippen molar-refractivity contribution in [3.05, 3.63) is 114 Å². The summed E-state index contributed by atoms with van der Waals surface area (Å²) >= 11 is 0. The van der Waals surface area contributed by atoms with E-state index in [1.165, 1.54) is 63.9 Å². The molecule has 5 rings (SSSR count). The molecule has 0 saturated heterocycles. The van der Waals surface area contributed by atoms with Gasteiger partial charge in [0.15, 0.2) is 0 Å². The normalized spacial score (nSPS) is 13.7. The van der Waals surface area contributed by atoms with E-state index in [0.717, 1.165) is 81.3 Å². The predicted molar refractivity (Wildman–Crippen MR) is 331 cm³/mol. The lowest BCUT2D eigenvalue weighted by molar-refractivity contribution is -0.145. The topological polar surface area (TPSA) is 193 Å². The molecule has 0 bridgehead atoms. The summed E-state index contributed by atoms with van der Waals surface area (Å²) in [7, 11) is 0. The lowest BCUT2D eigenvalue weighted by atomic mass is 9.77. The minimum Gasteiger partial charge on any atom is -0.494 e. The van der Waals surface area contributed by atoms with Gasteiger partial charge in [0.1, 0.15) is 17.2 Å². The van der Waals surface area contributed by atoms with Crippen molar-refractivity contribution in [2.75, 3.05) is 39.6 Å². The number of unbranched alkanes of at least 4 members (excludes halogenated alkanes) is 15. The van der Waals surface area contributed by atoms with Crippen LogP contribution in [-0.2, 0) is 47.7 Å². The summed E-state index contributed by atoms with van der Waals surface area (Å²) in [4.78, 5) is 84.8. The third kappa shape index (κ3) is 30.4. The fourth-order valence-corrected chi connectivity index (χ4v) is 10.4.